The fraction of sp³-hybridized carbons (Fsp3) is 0.500. The number of carboxylic acids is 1. The summed E-state index contributed by atoms with van der Waals surface area (Å²) in [5.74, 6) is -1.57. The van der Waals surface area contributed by atoms with Gasteiger partial charge in [0, 0.05) is 12.7 Å². The maximum Gasteiger partial charge on any atom is 0.307 e. The molecular weight excluding hydrogens is 260 g/mol. The van der Waals surface area contributed by atoms with Crippen molar-refractivity contribution in [2.24, 2.45) is 5.92 Å². The largest absolute Gasteiger partial charge is 0.481 e. The Morgan fingerprint density at radius 2 is 2.35 bits per heavy atom. The third-order valence-corrected chi connectivity index (χ3v) is 3.72. The van der Waals surface area contributed by atoms with Crippen molar-refractivity contribution in [3.8, 4) is 6.07 Å². The van der Waals surface area contributed by atoms with E-state index in [2.05, 4.69) is 10.8 Å². The maximum absolute atomic E-state index is 11.2. The molecule has 0 saturated heterocycles. The highest BCUT2D eigenvalue weighted by atomic mass is 16.5. The molecule has 1 aromatic heterocycles. The number of nitrogens with zero attached hydrogens (tertiary/aromatic N) is 2. The molecule has 20 heavy (non-hydrogen) atoms. The van der Waals surface area contributed by atoms with Crippen LogP contribution >= 0.6 is 0 Å². The predicted molar refractivity (Wildman–Crippen MR) is 68.9 cm³/mol. The Balaban J connectivity index is 2.23. The van der Waals surface area contributed by atoms with Gasteiger partial charge >= 0.3 is 11.9 Å². The molecule has 0 fully saturated rings. The molecule has 0 aromatic carbocycles. The summed E-state index contributed by atoms with van der Waals surface area (Å²) in [6.45, 7) is 0.375. The van der Waals surface area contributed by atoms with E-state index in [0.717, 1.165) is 11.1 Å². The van der Waals surface area contributed by atoms with E-state index < -0.39 is 11.9 Å². The van der Waals surface area contributed by atoms with Gasteiger partial charge in [-0.25, -0.2) is 0 Å². The van der Waals surface area contributed by atoms with E-state index in [1.165, 1.54) is 7.11 Å². The normalized spacial score (nSPS) is 17.1. The minimum Gasteiger partial charge on any atom is -0.481 e. The molecule has 1 atom stereocenters. The van der Waals surface area contributed by atoms with E-state index in [-0.39, 0.29) is 12.4 Å². The first-order valence-corrected chi connectivity index (χ1v) is 6.47. The number of aliphatic carboxylic acids is 1. The van der Waals surface area contributed by atoms with E-state index in [4.69, 9.17) is 5.11 Å². The van der Waals surface area contributed by atoms with Crippen LogP contribution in [0, 0.1) is 17.2 Å². The summed E-state index contributed by atoms with van der Waals surface area (Å²) >= 11 is 0. The minimum absolute atomic E-state index is 0.196. The summed E-state index contributed by atoms with van der Waals surface area (Å²) < 4.78 is 6.31. The molecule has 0 spiro atoms. The Kier molecular flexibility index (Phi) is 4.08. The van der Waals surface area contributed by atoms with Gasteiger partial charge in [0.1, 0.15) is 11.8 Å². The van der Waals surface area contributed by atoms with Crippen LogP contribution in [0.25, 0.3) is 0 Å². The minimum atomic E-state index is -0.818. The Morgan fingerprint density at radius 3 is 2.95 bits per heavy atom. The van der Waals surface area contributed by atoms with Gasteiger partial charge < -0.3 is 14.4 Å². The first-order chi connectivity index (χ1) is 9.56. The number of fused-ring (bicyclic) bond motifs is 1. The number of esters is 1. The summed E-state index contributed by atoms with van der Waals surface area (Å²) in [6.07, 6.45) is 3.69. The summed E-state index contributed by atoms with van der Waals surface area (Å²) in [6, 6.07) is 2.12. The van der Waals surface area contributed by atoms with Crippen molar-refractivity contribution >= 4 is 11.9 Å². The first kappa shape index (κ1) is 14.1. The van der Waals surface area contributed by atoms with Crippen LogP contribution in [0.4, 0.5) is 0 Å². The van der Waals surface area contributed by atoms with Gasteiger partial charge in [-0.3, -0.25) is 9.59 Å². The van der Waals surface area contributed by atoms with Crippen LogP contribution in [0.5, 0.6) is 0 Å². The maximum atomic E-state index is 11.2. The number of aromatic nitrogens is 1. The molecule has 1 aliphatic rings. The molecule has 106 valence electrons. The summed E-state index contributed by atoms with van der Waals surface area (Å²) in [5.41, 5.74) is 2.30. The Labute approximate surface area is 116 Å². The Bertz CT molecular complexity index is 583. The van der Waals surface area contributed by atoms with Gasteiger partial charge in [0.2, 0.25) is 0 Å². The van der Waals surface area contributed by atoms with Crippen molar-refractivity contribution < 1.29 is 19.4 Å². The fourth-order valence-electron chi connectivity index (χ4n) is 2.61. The van der Waals surface area contributed by atoms with Gasteiger partial charge in [-0.05, 0) is 30.4 Å². The lowest BCUT2D eigenvalue weighted by atomic mass is 9.85. The van der Waals surface area contributed by atoms with Crippen molar-refractivity contribution in [1.82, 2.24) is 4.57 Å². The van der Waals surface area contributed by atoms with Crippen LogP contribution < -0.4 is 0 Å². The molecule has 1 heterocycles. The van der Waals surface area contributed by atoms with Crippen LogP contribution in [0.3, 0.4) is 0 Å². The SMILES string of the molecule is COC(=O)CCn1cc2c(c1C#N)CC(C(=O)O)CC2. The highest BCUT2D eigenvalue weighted by Gasteiger charge is 2.28. The van der Waals surface area contributed by atoms with Crippen LogP contribution in [0.2, 0.25) is 0 Å². The highest BCUT2D eigenvalue weighted by Crippen LogP contribution is 2.29. The number of carbonyl (C=O) groups excluding carboxylic acids is 1. The molecule has 1 unspecified atom stereocenters. The molecule has 0 saturated carbocycles. The number of nitriles is 1. The molecule has 0 radical (unpaired) electrons. The predicted octanol–water partition coefficient (Wildman–Crippen LogP) is 1.11. The molecule has 6 nitrogen and oxygen atoms in total. The molecule has 1 aromatic rings. The summed E-state index contributed by atoms with van der Waals surface area (Å²) in [7, 11) is 1.33. The van der Waals surface area contributed by atoms with Gasteiger partial charge in [0.15, 0.2) is 0 Å². The second-order valence-corrected chi connectivity index (χ2v) is 4.89. The summed E-state index contributed by atoms with van der Waals surface area (Å²) in [4.78, 5) is 22.2. The summed E-state index contributed by atoms with van der Waals surface area (Å²) in [5, 5.41) is 18.4. The monoisotopic (exact) mass is 276 g/mol. The van der Waals surface area contributed by atoms with E-state index >= 15 is 0 Å². The average molecular weight is 276 g/mol. The van der Waals surface area contributed by atoms with Gasteiger partial charge in [0.05, 0.1) is 19.4 Å². The van der Waals surface area contributed by atoms with Crippen LogP contribution in [0.15, 0.2) is 6.20 Å². The van der Waals surface area contributed by atoms with Crippen molar-refractivity contribution in [2.45, 2.75) is 32.2 Å². The van der Waals surface area contributed by atoms with E-state index in [1.54, 1.807) is 4.57 Å². The number of hydrogen-bond donors (Lipinski definition) is 1. The zero-order valence-electron chi connectivity index (χ0n) is 11.3. The number of ether oxygens (including phenoxy) is 1. The molecule has 2 rings (SSSR count). The zero-order valence-corrected chi connectivity index (χ0v) is 11.3. The number of methoxy groups -OCH3 is 1. The second-order valence-electron chi connectivity index (χ2n) is 4.89. The molecule has 0 amide bonds. The van der Waals surface area contributed by atoms with E-state index in [1.807, 2.05) is 6.20 Å². The Morgan fingerprint density at radius 1 is 1.60 bits per heavy atom. The number of hydrogen-bond acceptors (Lipinski definition) is 4. The first-order valence-electron chi connectivity index (χ1n) is 6.47. The van der Waals surface area contributed by atoms with Crippen LogP contribution in [-0.4, -0.2) is 28.7 Å². The second kappa shape index (κ2) is 5.78. The number of aryl methyl sites for hydroxylation is 2. The Hall–Kier alpha value is -2.29. The van der Waals surface area contributed by atoms with Crippen molar-refractivity contribution in [2.75, 3.05) is 7.11 Å². The van der Waals surface area contributed by atoms with Crippen molar-refractivity contribution in [1.29, 1.82) is 5.26 Å². The molecule has 1 aliphatic carbocycles. The van der Waals surface area contributed by atoms with Gasteiger partial charge in [-0.2, -0.15) is 5.26 Å². The zero-order chi connectivity index (χ0) is 14.7. The molecule has 6 heteroatoms. The van der Waals surface area contributed by atoms with Gasteiger partial charge in [0.25, 0.3) is 0 Å². The number of rotatable bonds is 4. The topological polar surface area (TPSA) is 92.3 Å². The lowest BCUT2D eigenvalue weighted by Gasteiger charge is -2.18. The number of carboxylic acid groups (broad SMARTS) is 1. The van der Waals surface area contributed by atoms with Gasteiger partial charge in [-0.15, -0.1) is 0 Å². The lowest BCUT2D eigenvalue weighted by molar-refractivity contribution is -0.142. The standard InChI is InChI=1S/C14H16N2O4/c1-20-13(17)4-5-16-8-10-3-2-9(14(18)19)6-11(10)12(16)7-15/h8-9H,2-6H2,1H3,(H,18,19). The molecule has 0 bridgehead atoms. The van der Waals surface area contributed by atoms with E-state index in [9.17, 15) is 14.9 Å². The third-order valence-electron chi connectivity index (χ3n) is 3.72. The number of carbonyl (C=O) groups is 2. The van der Waals surface area contributed by atoms with Crippen molar-refractivity contribution in [3.63, 3.8) is 0 Å². The van der Waals surface area contributed by atoms with Crippen LogP contribution in [-0.2, 0) is 33.7 Å². The average Bonchev–Trinajstić information content (AvgIpc) is 2.80. The fourth-order valence-corrected chi connectivity index (χ4v) is 2.61. The molecule has 1 N–H and O–H groups in total. The molecular formula is C14H16N2O4. The lowest BCUT2D eigenvalue weighted by Crippen LogP contribution is -2.21. The quantitative estimate of drug-likeness (QED) is 0.832. The van der Waals surface area contributed by atoms with Crippen LogP contribution in [0.1, 0.15) is 29.7 Å². The molecule has 0 aliphatic heterocycles. The highest BCUT2D eigenvalue weighted by molar-refractivity contribution is 5.71. The smallest absolute Gasteiger partial charge is 0.307 e. The van der Waals surface area contributed by atoms with Gasteiger partial charge in [-0.1, -0.05) is 0 Å². The van der Waals surface area contributed by atoms with Crippen molar-refractivity contribution in [3.05, 3.63) is 23.0 Å². The van der Waals surface area contributed by atoms with E-state index in [0.29, 0.717) is 31.5 Å². The third kappa shape index (κ3) is 2.67.